The number of thioether (sulfide) groups is 1. The van der Waals surface area contributed by atoms with Crippen molar-refractivity contribution in [2.75, 3.05) is 26.7 Å². The Morgan fingerprint density at radius 1 is 1.19 bits per heavy atom. The van der Waals surface area contributed by atoms with Crippen LogP contribution in [0.15, 0.2) is 0 Å². The van der Waals surface area contributed by atoms with Gasteiger partial charge < -0.3 is 20.6 Å². The Kier molecular flexibility index (Phi) is 8.72. The fraction of sp³-hybridized carbons (Fsp3) is 0.864. The molecule has 0 aromatic heterocycles. The number of fused-ring (bicyclic) bond motifs is 1. The van der Waals surface area contributed by atoms with E-state index in [0.717, 1.165) is 51.4 Å². The number of carbonyl (C=O) groups is 3. The molecule has 3 unspecified atom stereocenters. The third-order valence-electron chi connectivity index (χ3n) is 6.97. The van der Waals surface area contributed by atoms with E-state index in [4.69, 9.17) is 5.11 Å². The first-order valence-electron chi connectivity index (χ1n) is 11.7. The van der Waals surface area contributed by atoms with E-state index in [2.05, 4.69) is 33.5 Å². The van der Waals surface area contributed by atoms with E-state index >= 15 is 0 Å². The first-order valence-corrected chi connectivity index (χ1v) is 13.4. The summed E-state index contributed by atoms with van der Waals surface area (Å²) in [5.74, 6) is -1.07. The van der Waals surface area contributed by atoms with Crippen molar-refractivity contribution in [3.63, 3.8) is 0 Å². The highest BCUT2D eigenvalue weighted by Crippen LogP contribution is 2.67. The zero-order valence-corrected chi connectivity index (χ0v) is 21.0. The lowest BCUT2D eigenvalue weighted by atomic mass is 9.70. The van der Waals surface area contributed by atoms with Gasteiger partial charge in [-0.1, -0.05) is 48.5 Å². The topological polar surface area (TPSA) is 98.7 Å². The largest absolute Gasteiger partial charge is 0.396 e. The van der Waals surface area contributed by atoms with Gasteiger partial charge in [-0.2, -0.15) is 0 Å². The number of nitrogens with one attached hydrogen (secondary N) is 2. The summed E-state index contributed by atoms with van der Waals surface area (Å²) >= 11 is 5.43. The van der Waals surface area contributed by atoms with Gasteiger partial charge in [0.1, 0.15) is 6.04 Å². The average Bonchev–Trinajstić information content (AvgIpc) is 3.34. The van der Waals surface area contributed by atoms with Crippen LogP contribution in [0.3, 0.4) is 0 Å². The average molecular weight is 519 g/mol. The predicted molar refractivity (Wildman–Crippen MR) is 126 cm³/mol. The van der Waals surface area contributed by atoms with Gasteiger partial charge in [0.25, 0.3) is 0 Å². The van der Waals surface area contributed by atoms with Gasteiger partial charge in [-0.3, -0.25) is 14.4 Å². The molecule has 31 heavy (non-hydrogen) atoms. The summed E-state index contributed by atoms with van der Waals surface area (Å²) in [4.78, 5) is 41.7. The molecule has 6 atom stereocenters. The van der Waals surface area contributed by atoms with Crippen LogP contribution in [0.25, 0.3) is 0 Å². The van der Waals surface area contributed by atoms with Gasteiger partial charge in [0.2, 0.25) is 17.7 Å². The third-order valence-corrected chi connectivity index (χ3v) is 10.2. The van der Waals surface area contributed by atoms with E-state index in [-0.39, 0.29) is 34.4 Å². The first kappa shape index (κ1) is 24.8. The van der Waals surface area contributed by atoms with Crippen LogP contribution in [-0.4, -0.2) is 75.3 Å². The van der Waals surface area contributed by atoms with Crippen molar-refractivity contribution >= 4 is 45.4 Å². The van der Waals surface area contributed by atoms with Crippen LogP contribution in [0.1, 0.15) is 58.3 Å². The molecular formula is C22H36BrN3O4S. The van der Waals surface area contributed by atoms with Gasteiger partial charge in [-0.15, -0.1) is 11.8 Å². The molecule has 3 saturated heterocycles. The summed E-state index contributed by atoms with van der Waals surface area (Å²) in [6, 6.07) is -0.533. The molecule has 3 rings (SSSR count). The van der Waals surface area contributed by atoms with Crippen LogP contribution in [0.2, 0.25) is 0 Å². The highest BCUT2D eigenvalue weighted by molar-refractivity contribution is 9.09. The van der Waals surface area contributed by atoms with Gasteiger partial charge in [0, 0.05) is 36.8 Å². The number of rotatable bonds is 12. The molecule has 0 radical (unpaired) electrons. The molecule has 3 aliphatic heterocycles. The molecular weight excluding hydrogens is 482 g/mol. The first-order chi connectivity index (χ1) is 14.9. The summed E-state index contributed by atoms with van der Waals surface area (Å²) in [6.07, 6.45) is 7.16. The predicted octanol–water partition coefficient (Wildman–Crippen LogP) is 2.06. The SMILES string of the molecule is CCCCCNC(=O)C1N(CCCCCCO)C(=O)[C@@H]2[C@@H](C(=O)NC)[C@@H]3SC12CC3Br. The minimum absolute atomic E-state index is 0.0102. The number of likely N-dealkylation sites (tertiary alicyclic amines) is 1. The molecule has 3 fully saturated rings. The van der Waals surface area contributed by atoms with E-state index in [1.54, 1.807) is 23.7 Å². The fourth-order valence-corrected chi connectivity index (χ4v) is 9.18. The van der Waals surface area contributed by atoms with E-state index in [9.17, 15) is 14.4 Å². The number of unbranched alkanes of at least 4 members (excludes halogenated alkanes) is 5. The number of halogens is 1. The summed E-state index contributed by atoms with van der Waals surface area (Å²) in [5.41, 5.74) is 0. The number of nitrogens with zero attached hydrogens (tertiary/aromatic N) is 1. The monoisotopic (exact) mass is 517 g/mol. The Morgan fingerprint density at radius 3 is 2.61 bits per heavy atom. The van der Waals surface area contributed by atoms with Gasteiger partial charge in [0.05, 0.1) is 16.6 Å². The number of carbonyl (C=O) groups excluding carboxylic acids is 3. The third kappa shape index (κ3) is 4.64. The highest BCUT2D eigenvalue weighted by atomic mass is 79.9. The van der Waals surface area contributed by atoms with Crippen LogP contribution < -0.4 is 10.6 Å². The van der Waals surface area contributed by atoms with E-state index in [0.29, 0.717) is 13.1 Å². The summed E-state index contributed by atoms with van der Waals surface area (Å²) in [6.45, 7) is 3.44. The Hall–Kier alpha value is -0.800. The minimum Gasteiger partial charge on any atom is -0.396 e. The van der Waals surface area contributed by atoms with E-state index < -0.39 is 22.6 Å². The van der Waals surface area contributed by atoms with Crippen LogP contribution in [0, 0.1) is 11.8 Å². The molecule has 0 aliphatic carbocycles. The van der Waals surface area contributed by atoms with Crippen LogP contribution in [-0.2, 0) is 14.4 Å². The van der Waals surface area contributed by atoms with Crippen molar-refractivity contribution in [3.05, 3.63) is 0 Å². The molecule has 0 aromatic rings. The molecule has 2 bridgehead atoms. The lowest BCUT2D eigenvalue weighted by Gasteiger charge is -2.35. The Bertz CT molecular complexity index is 681. The van der Waals surface area contributed by atoms with E-state index in [1.165, 1.54) is 0 Å². The second kappa shape index (κ2) is 10.9. The number of hydrogen-bond acceptors (Lipinski definition) is 5. The van der Waals surface area contributed by atoms with Crippen LogP contribution in [0.4, 0.5) is 0 Å². The molecule has 7 nitrogen and oxygen atoms in total. The summed E-state index contributed by atoms with van der Waals surface area (Å²) < 4.78 is -0.549. The second-order valence-electron chi connectivity index (χ2n) is 8.95. The van der Waals surface area contributed by atoms with Crippen molar-refractivity contribution < 1.29 is 19.5 Å². The molecule has 3 N–H and O–H groups in total. The minimum atomic E-state index is -0.549. The van der Waals surface area contributed by atoms with Crippen molar-refractivity contribution in [2.24, 2.45) is 11.8 Å². The number of aliphatic hydroxyl groups excluding tert-OH is 1. The maximum atomic E-state index is 13.6. The van der Waals surface area contributed by atoms with Crippen LogP contribution in [0.5, 0.6) is 0 Å². The van der Waals surface area contributed by atoms with E-state index in [1.807, 2.05) is 0 Å². The van der Waals surface area contributed by atoms with Crippen LogP contribution >= 0.6 is 27.7 Å². The molecule has 176 valence electrons. The molecule has 3 aliphatic rings. The maximum Gasteiger partial charge on any atom is 0.244 e. The number of hydrogen-bond donors (Lipinski definition) is 3. The lowest BCUT2D eigenvalue weighted by Crippen LogP contribution is -2.54. The summed E-state index contributed by atoms with van der Waals surface area (Å²) in [5, 5.41) is 14.8. The van der Waals surface area contributed by atoms with Crippen molar-refractivity contribution in [1.29, 1.82) is 0 Å². The van der Waals surface area contributed by atoms with Crippen molar-refractivity contribution in [2.45, 2.75) is 79.2 Å². The standard InChI is InChI=1S/C22H36BrN3O4S/c1-3-4-7-10-25-20(29)18-22-13-14(23)17(31-22)15(19(28)24-2)16(22)21(30)26(18)11-8-5-6-9-12-27/h14-18,27H,3-13H2,1-2H3,(H,24,28)(H,25,29)/t14?,15-,16+,17-,18?,22?/m1/s1. The molecule has 9 heteroatoms. The molecule has 1 spiro atoms. The van der Waals surface area contributed by atoms with Gasteiger partial charge >= 0.3 is 0 Å². The van der Waals surface area contributed by atoms with Crippen molar-refractivity contribution in [1.82, 2.24) is 15.5 Å². The quantitative estimate of drug-likeness (QED) is 0.272. The zero-order chi connectivity index (χ0) is 22.6. The Morgan fingerprint density at radius 2 is 1.94 bits per heavy atom. The van der Waals surface area contributed by atoms with Gasteiger partial charge in [-0.25, -0.2) is 0 Å². The molecule has 3 amide bonds. The normalized spacial score (nSPS) is 33.6. The number of aliphatic hydroxyl groups is 1. The second-order valence-corrected chi connectivity index (χ2v) is 11.7. The molecule has 0 aromatic carbocycles. The fourth-order valence-electron chi connectivity index (χ4n) is 5.57. The lowest BCUT2D eigenvalue weighted by molar-refractivity contribution is -0.139. The smallest absolute Gasteiger partial charge is 0.244 e. The highest BCUT2D eigenvalue weighted by Gasteiger charge is 2.75. The molecule has 3 heterocycles. The zero-order valence-electron chi connectivity index (χ0n) is 18.6. The van der Waals surface area contributed by atoms with Gasteiger partial charge in [0.15, 0.2) is 0 Å². The number of amides is 3. The number of alkyl halides is 1. The maximum absolute atomic E-state index is 13.6. The molecule has 0 saturated carbocycles. The Labute approximate surface area is 198 Å². The summed E-state index contributed by atoms with van der Waals surface area (Å²) in [7, 11) is 1.62. The Balaban J connectivity index is 1.83. The van der Waals surface area contributed by atoms with Crippen molar-refractivity contribution in [3.8, 4) is 0 Å². The van der Waals surface area contributed by atoms with Gasteiger partial charge in [-0.05, 0) is 25.7 Å².